The minimum Gasteiger partial charge on any atom is -0.460 e. The van der Waals surface area contributed by atoms with Crippen molar-refractivity contribution in [3.8, 4) is 11.3 Å². The van der Waals surface area contributed by atoms with Crippen molar-refractivity contribution < 1.29 is 65.7 Å². The normalized spacial score (nSPS) is 19.8. The number of nitrogens with zero attached hydrogens (tertiary/aromatic N) is 6. The number of aromatic nitrogens is 2. The Labute approximate surface area is 404 Å². The zero-order valence-electron chi connectivity index (χ0n) is 40.9. The van der Waals surface area contributed by atoms with E-state index >= 15 is 13.6 Å². The van der Waals surface area contributed by atoms with Gasteiger partial charge in [-0.3, -0.25) is 33.8 Å². The Morgan fingerprint density at radius 2 is 1.53 bits per heavy atom. The van der Waals surface area contributed by atoms with Crippen LogP contribution in [0.5, 0.6) is 0 Å². The molecule has 5 amide bonds. The molecule has 2 fully saturated rings. The molecule has 17 nitrogen and oxygen atoms in total. The summed E-state index contributed by atoms with van der Waals surface area (Å²) < 4.78 is 71.1. The number of carbonyl (C=O) groups excluding carboxylic acids is 7. The number of carbonyl (C=O) groups is 7. The highest BCUT2D eigenvalue weighted by Crippen LogP contribution is 2.47. The number of hydrogen-bond acceptors (Lipinski definition) is 12. The van der Waals surface area contributed by atoms with E-state index in [0.29, 0.717) is 0 Å². The molecule has 0 N–H and O–H groups in total. The number of likely N-dealkylation sites (tertiary alicyclic amines) is 2. The number of halogens is 3. The number of ether oxygens (including phenoxy) is 4. The van der Waals surface area contributed by atoms with Crippen molar-refractivity contribution in [3.05, 3.63) is 89.9 Å². The van der Waals surface area contributed by atoms with E-state index in [4.69, 9.17) is 23.9 Å². The highest BCUT2D eigenvalue weighted by atomic mass is 19.1. The molecule has 3 aliphatic heterocycles. The third-order valence-electron chi connectivity index (χ3n) is 12.0. The maximum atomic E-state index is 16.6. The number of alkyl halides is 1. The molecule has 2 saturated heterocycles. The zero-order valence-corrected chi connectivity index (χ0v) is 40.9. The van der Waals surface area contributed by atoms with Gasteiger partial charge in [0.05, 0.1) is 37.4 Å². The summed E-state index contributed by atoms with van der Waals surface area (Å²) in [4.78, 5) is 102. The van der Waals surface area contributed by atoms with Gasteiger partial charge in [0.1, 0.15) is 34.8 Å². The number of esters is 2. The first-order chi connectivity index (χ1) is 32.7. The Morgan fingerprint density at radius 3 is 2.16 bits per heavy atom. The fourth-order valence-electron chi connectivity index (χ4n) is 8.88. The van der Waals surface area contributed by atoms with Crippen molar-refractivity contribution in [2.75, 3.05) is 39.3 Å². The van der Waals surface area contributed by atoms with Gasteiger partial charge in [-0.05, 0) is 77.1 Å². The lowest BCUT2D eigenvalue weighted by atomic mass is 9.77. The van der Waals surface area contributed by atoms with E-state index in [1.807, 2.05) is 18.2 Å². The van der Waals surface area contributed by atoms with Crippen LogP contribution in [0.1, 0.15) is 92.6 Å². The second-order valence-electron chi connectivity index (χ2n) is 20.3. The molecule has 0 spiro atoms. The lowest BCUT2D eigenvalue weighted by Crippen LogP contribution is -2.63. The molecule has 20 heteroatoms. The van der Waals surface area contributed by atoms with Crippen LogP contribution in [0.2, 0.25) is 0 Å². The van der Waals surface area contributed by atoms with Gasteiger partial charge in [-0.2, -0.15) is 0 Å². The number of imide groups is 1. The Hall–Kier alpha value is -6.73. The van der Waals surface area contributed by atoms with E-state index in [1.165, 1.54) is 11.1 Å². The van der Waals surface area contributed by atoms with Crippen LogP contribution in [-0.4, -0.2) is 140 Å². The van der Waals surface area contributed by atoms with E-state index in [9.17, 15) is 33.2 Å². The van der Waals surface area contributed by atoms with Crippen LogP contribution in [0.4, 0.5) is 22.8 Å². The van der Waals surface area contributed by atoms with Gasteiger partial charge < -0.3 is 33.3 Å². The van der Waals surface area contributed by atoms with Crippen molar-refractivity contribution in [2.24, 2.45) is 11.3 Å². The monoisotopic (exact) mass is 978 g/mol. The first-order valence-corrected chi connectivity index (χ1v) is 23.1. The van der Waals surface area contributed by atoms with Crippen LogP contribution >= 0.6 is 0 Å². The first kappa shape index (κ1) is 52.6. The van der Waals surface area contributed by atoms with Crippen LogP contribution in [0.25, 0.3) is 11.3 Å². The van der Waals surface area contributed by atoms with Crippen LogP contribution in [0, 0.1) is 23.0 Å². The number of imidazole rings is 1. The molecular formula is C50H61F3N6O11. The maximum Gasteiger partial charge on any atom is 0.410 e. The number of amides is 5. The van der Waals surface area contributed by atoms with E-state index in [-0.39, 0.29) is 69.3 Å². The average molecular weight is 979 g/mol. The van der Waals surface area contributed by atoms with E-state index in [0.717, 1.165) is 57.5 Å². The Bertz CT molecular complexity index is 2480. The summed E-state index contributed by atoms with van der Waals surface area (Å²) in [7, 11) is 0. The second kappa shape index (κ2) is 21.1. The molecule has 0 saturated carbocycles. The number of rotatable bonds is 16. The van der Waals surface area contributed by atoms with Crippen molar-refractivity contribution in [3.63, 3.8) is 0 Å². The predicted octanol–water partition coefficient (Wildman–Crippen LogP) is 6.78. The van der Waals surface area contributed by atoms with Gasteiger partial charge in [0, 0.05) is 69.5 Å². The quantitative estimate of drug-likeness (QED) is 0.0834. The van der Waals surface area contributed by atoms with E-state index in [1.54, 1.807) is 72.1 Å². The molecule has 0 bridgehead atoms. The molecule has 1 unspecified atom stereocenters. The topological polar surface area (TPSA) is 187 Å². The smallest absolute Gasteiger partial charge is 0.410 e. The third kappa shape index (κ3) is 12.7. The Morgan fingerprint density at radius 1 is 0.871 bits per heavy atom. The second-order valence-corrected chi connectivity index (χ2v) is 20.3. The lowest BCUT2D eigenvalue weighted by molar-refractivity contribution is -0.173. The van der Waals surface area contributed by atoms with Gasteiger partial charge in [-0.25, -0.2) is 27.7 Å². The van der Waals surface area contributed by atoms with Crippen molar-refractivity contribution >= 4 is 41.8 Å². The SMILES string of the molecule is CC(=O)O[C@@H]1C(=O)N([C@@H](c2nc(-c3cc(F)ccc3F)cn2Cc2ccccc2)C(C)(C)CCOC(=O)N(CCC(=O)OC(C)(C)C)CCN2C(=O)C=CC2=O)C[C@@H]2C1N(C(=O)OC(C)(C)C)C[C@@H]2F. The summed E-state index contributed by atoms with van der Waals surface area (Å²) in [5, 5.41) is 0. The van der Waals surface area contributed by atoms with Gasteiger partial charge in [-0.1, -0.05) is 44.2 Å². The zero-order chi connectivity index (χ0) is 51.5. The minimum absolute atomic E-state index is 0.000148. The molecule has 3 aromatic rings. The Balaban J connectivity index is 1.39. The van der Waals surface area contributed by atoms with Crippen molar-refractivity contribution in [2.45, 2.75) is 117 Å². The van der Waals surface area contributed by atoms with Gasteiger partial charge in [-0.15, -0.1) is 0 Å². The molecule has 1 aromatic heterocycles. The van der Waals surface area contributed by atoms with Crippen LogP contribution in [-0.2, 0) is 49.5 Å². The summed E-state index contributed by atoms with van der Waals surface area (Å²) in [6.07, 6.45) is -1.84. The number of fused-ring (bicyclic) bond motifs is 1. The number of piperidine rings is 1. The number of benzene rings is 2. The molecule has 3 aliphatic rings. The lowest BCUT2D eigenvalue weighted by Gasteiger charge is -2.48. The summed E-state index contributed by atoms with van der Waals surface area (Å²) in [5.41, 5.74) is -2.46. The molecule has 2 aromatic carbocycles. The molecule has 70 heavy (non-hydrogen) atoms. The van der Waals surface area contributed by atoms with Crippen molar-refractivity contribution in [1.82, 2.24) is 29.2 Å². The van der Waals surface area contributed by atoms with Gasteiger partial charge in [0.2, 0.25) is 6.10 Å². The standard InChI is InChI=1S/C50H61F3N6O11/c1-30(60)68-42-41-34(36(53)28-58(41)47(66)70-49(5,6)7)27-59(45(42)64)43(44-54-37(33-25-32(51)15-16-35(33)52)29-56(44)26-31-13-11-10-12-14-31)50(8,9)20-24-67-46(65)55(21-19-40(63)69-48(2,3)4)22-23-57-38(61)17-18-39(57)62/h10-18,25,29,34,36,41-43H,19-24,26-28H2,1-9H3/t34-,36-,41?,42-,43-/m0/s1. The maximum absolute atomic E-state index is 16.6. The molecule has 6 rings (SSSR count). The Kier molecular flexibility index (Phi) is 15.9. The summed E-state index contributed by atoms with van der Waals surface area (Å²) >= 11 is 0. The highest BCUT2D eigenvalue weighted by molar-refractivity contribution is 6.12. The van der Waals surface area contributed by atoms with Crippen LogP contribution in [0.15, 0.2) is 66.9 Å². The molecular weight excluding hydrogens is 918 g/mol. The molecule has 378 valence electrons. The third-order valence-corrected chi connectivity index (χ3v) is 12.0. The van der Waals surface area contributed by atoms with Crippen LogP contribution < -0.4 is 0 Å². The van der Waals surface area contributed by atoms with Crippen molar-refractivity contribution in [1.29, 1.82) is 0 Å². The fraction of sp³-hybridized carbons (Fsp3) is 0.520. The first-order valence-electron chi connectivity index (χ1n) is 23.1. The molecule has 4 heterocycles. The summed E-state index contributed by atoms with van der Waals surface area (Å²) in [6.45, 7) is 12.9. The van der Waals surface area contributed by atoms with E-state index in [2.05, 4.69) is 0 Å². The molecule has 0 radical (unpaired) electrons. The molecule has 0 aliphatic carbocycles. The minimum atomic E-state index is -1.73. The number of hydrogen-bond donors (Lipinski definition) is 0. The van der Waals surface area contributed by atoms with Gasteiger partial charge in [0.15, 0.2) is 0 Å². The van der Waals surface area contributed by atoms with E-state index < -0.39 is 107 Å². The molecule has 5 atom stereocenters. The van der Waals surface area contributed by atoms with Crippen LogP contribution in [0.3, 0.4) is 0 Å². The highest BCUT2D eigenvalue weighted by Gasteiger charge is 2.59. The average Bonchev–Trinajstić information content (AvgIpc) is 3.92. The van der Waals surface area contributed by atoms with Gasteiger partial charge in [0.25, 0.3) is 17.7 Å². The summed E-state index contributed by atoms with van der Waals surface area (Å²) in [6, 6.07) is 9.51. The predicted molar refractivity (Wildman–Crippen MR) is 246 cm³/mol. The van der Waals surface area contributed by atoms with Gasteiger partial charge >= 0.3 is 24.1 Å². The summed E-state index contributed by atoms with van der Waals surface area (Å²) in [5.74, 6) is -5.96. The fourth-order valence-corrected chi connectivity index (χ4v) is 8.88. The largest absolute Gasteiger partial charge is 0.460 e.